The smallest absolute Gasteiger partial charge is 0.248 e. The van der Waals surface area contributed by atoms with Crippen LogP contribution in [-0.4, -0.2) is 30.4 Å². The molecule has 2 N–H and O–H groups in total. The molecule has 2 aliphatic rings. The zero-order valence-corrected chi connectivity index (χ0v) is 20.6. The number of anilines is 1. The van der Waals surface area contributed by atoms with Gasteiger partial charge in [0.05, 0.1) is 6.04 Å². The van der Waals surface area contributed by atoms with Crippen LogP contribution in [0.3, 0.4) is 0 Å². The van der Waals surface area contributed by atoms with E-state index in [9.17, 15) is 14.0 Å². The lowest BCUT2D eigenvalue weighted by molar-refractivity contribution is -0.128. The van der Waals surface area contributed by atoms with Crippen LogP contribution in [0.25, 0.3) is 0 Å². The molecule has 1 saturated carbocycles. The lowest BCUT2D eigenvalue weighted by Gasteiger charge is -2.37. The van der Waals surface area contributed by atoms with Crippen LogP contribution in [0.2, 0.25) is 0 Å². The molecule has 1 aliphatic carbocycles. The maximum atomic E-state index is 14.3. The van der Waals surface area contributed by atoms with Crippen LogP contribution in [0.15, 0.2) is 48.5 Å². The predicted molar refractivity (Wildman–Crippen MR) is 136 cm³/mol. The third kappa shape index (κ3) is 6.16. The second-order valence-corrected chi connectivity index (χ2v) is 9.29. The second-order valence-electron chi connectivity index (χ2n) is 9.29. The van der Waals surface area contributed by atoms with E-state index in [-0.39, 0.29) is 30.3 Å². The molecule has 1 heterocycles. The number of piperidine rings is 1. The number of benzene rings is 2. The molecule has 1 aliphatic heterocycles. The molecule has 0 aromatic heterocycles. The molecule has 2 atom stereocenters. The van der Waals surface area contributed by atoms with Gasteiger partial charge in [0.25, 0.3) is 0 Å². The molecule has 2 fully saturated rings. The number of hydrogen-bond acceptors (Lipinski definition) is 3. The van der Waals surface area contributed by atoms with Crippen molar-refractivity contribution in [3.8, 4) is 0 Å². The quantitative estimate of drug-likeness (QED) is 0.587. The third-order valence-corrected chi connectivity index (χ3v) is 6.87. The molecule has 0 bridgehead atoms. The van der Waals surface area contributed by atoms with E-state index in [1.165, 1.54) is 23.5 Å². The molecule has 1 saturated heterocycles. The van der Waals surface area contributed by atoms with Crippen molar-refractivity contribution in [3.05, 3.63) is 65.5 Å². The molecule has 2 amide bonds. The summed E-state index contributed by atoms with van der Waals surface area (Å²) in [5.74, 6) is -0.824. The van der Waals surface area contributed by atoms with Crippen molar-refractivity contribution in [2.45, 2.75) is 76.4 Å². The molecular weight excluding hydrogens is 453 g/mol. The summed E-state index contributed by atoms with van der Waals surface area (Å²) in [7, 11) is 0. The van der Waals surface area contributed by atoms with Crippen molar-refractivity contribution in [3.63, 3.8) is 0 Å². The summed E-state index contributed by atoms with van der Waals surface area (Å²) < 4.78 is 14.3. The van der Waals surface area contributed by atoms with E-state index in [1.807, 2.05) is 31.2 Å². The molecular formula is C27H35ClFN3O2. The van der Waals surface area contributed by atoms with Crippen LogP contribution in [0, 0.1) is 12.7 Å². The monoisotopic (exact) mass is 487 g/mol. The molecule has 7 heteroatoms. The van der Waals surface area contributed by atoms with E-state index >= 15 is 0 Å². The minimum Gasteiger partial charge on any atom is -0.351 e. The highest BCUT2D eigenvalue weighted by molar-refractivity contribution is 6.04. The Morgan fingerprint density at radius 1 is 1.00 bits per heavy atom. The van der Waals surface area contributed by atoms with Gasteiger partial charge < -0.3 is 10.6 Å². The number of carbonyl (C=O) groups is 2. The lowest BCUT2D eigenvalue weighted by atomic mass is 9.93. The van der Waals surface area contributed by atoms with Crippen LogP contribution >= 0.6 is 12.4 Å². The molecule has 34 heavy (non-hydrogen) atoms. The number of nitrogens with one attached hydrogen (secondary N) is 2. The number of amides is 2. The summed E-state index contributed by atoms with van der Waals surface area (Å²) in [4.78, 5) is 29.2. The summed E-state index contributed by atoms with van der Waals surface area (Å²) >= 11 is 0. The Morgan fingerprint density at radius 3 is 2.41 bits per heavy atom. The molecule has 0 spiro atoms. The fraction of sp³-hybridized carbons (Fsp3) is 0.481. The minimum absolute atomic E-state index is 0. The van der Waals surface area contributed by atoms with Crippen LogP contribution in [0.4, 0.5) is 10.1 Å². The summed E-state index contributed by atoms with van der Waals surface area (Å²) in [5, 5.41) is 6.53. The summed E-state index contributed by atoms with van der Waals surface area (Å²) in [5.41, 5.74) is 2.09. The van der Waals surface area contributed by atoms with Gasteiger partial charge >= 0.3 is 0 Å². The Hall–Kier alpha value is -2.44. The van der Waals surface area contributed by atoms with Crippen molar-refractivity contribution in [1.82, 2.24) is 10.6 Å². The highest BCUT2D eigenvalue weighted by Crippen LogP contribution is 2.32. The average molecular weight is 488 g/mol. The number of carbonyl (C=O) groups excluding carboxylic acids is 2. The zero-order chi connectivity index (χ0) is 23.2. The SMILES string of the molecule is Cc1ccccc1[C@H](C(=O)NC1CCCCC1)N(C(=O)[C@@H]1CCCCN1)c1cccc(F)c1.Cl. The molecule has 4 rings (SSSR count). The van der Waals surface area contributed by atoms with Gasteiger partial charge in [-0.1, -0.05) is 56.0 Å². The first kappa shape index (κ1) is 26.2. The Balaban J connectivity index is 0.00000324. The van der Waals surface area contributed by atoms with E-state index < -0.39 is 17.9 Å². The number of nitrogens with zero attached hydrogens (tertiary/aromatic N) is 1. The summed E-state index contributed by atoms with van der Waals surface area (Å²) in [6.07, 6.45) is 7.95. The zero-order valence-electron chi connectivity index (χ0n) is 19.8. The van der Waals surface area contributed by atoms with Gasteiger partial charge in [-0.2, -0.15) is 0 Å². The molecule has 5 nitrogen and oxygen atoms in total. The van der Waals surface area contributed by atoms with E-state index in [0.29, 0.717) is 12.1 Å². The topological polar surface area (TPSA) is 61.4 Å². The number of rotatable bonds is 6. The summed E-state index contributed by atoms with van der Waals surface area (Å²) in [6, 6.07) is 12.5. The predicted octanol–water partition coefficient (Wildman–Crippen LogP) is 5.22. The largest absolute Gasteiger partial charge is 0.351 e. The van der Waals surface area contributed by atoms with Crippen LogP contribution < -0.4 is 15.5 Å². The van der Waals surface area contributed by atoms with Crippen LogP contribution in [-0.2, 0) is 9.59 Å². The van der Waals surface area contributed by atoms with E-state index in [0.717, 1.165) is 56.2 Å². The fourth-order valence-electron chi connectivity index (χ4n) is 5.08. The normalized spacial score (nSPS) is 19.5. The Bertz CT molecular complexity index is 974. The van der Waals surface area contributed by atoms with Gasteiger partial charge in [-0.3, -0.25) is 14.5 Å². The average Bonchev–Trinajstić information content (AvgIpc) is 2.84. The van der Waals surface area contributed by atoms with Crippen molar-refractivity contribution < 1.29 is 14.0 Å². The van der Waals surface area contributed by atoms with Gasteiger partial charge in [0.1, 0.15) is 11.9 Å². The van der Waals surface area contributed by atoms with Gasteiger partial charge in [0.15, 0.2) is 0 Å². The van der Waals surface area contributed by atoms with Crippen molar-refractivity contribution in [2.24, 2.45) is 0 Å². The Morgan fingerprint density at radius 2 is 1.74 bits per heavy atom. The number of halogens is 2. The second kappa shape index (κ2) is 12.3. The molecule has 2 aromatic rings. The van der Waals surface area contributed by atoms with Gasteiger partial charge in [-0.25, -0.2) is 4.39 Å². The standard InChI is InChI=1S/C27H34FN3O2.ClH/c1-19-10-5-6-15-23(19)25(26(32)30-21-12-3-2-4-13-21)31(22-14-9-11-20(28)18-22)27(33)24-16-7-8-17-29-24;/h5-6,9-11,14-15,18,21,24-25,29H,2-4,7-8,12-13,16-17H2,1H3,(H,30,32);1H/t24-,25+;/m0./s1. The Kier molecular flexibility index (Phi) is 9.48. The maximum absolute atomic E-state index is 14.3. The molecule has 0 unspecified atom stereocenters. The van der Waals surface area contributed by atoms with E-state index in [4.69, 9.17) is 0 Å². The van der Waals surface area contributed by atoms with Crippen molar-refractivity contribution >= 4 is 29.9 Å². The first-order valence-corrected chi connectivity index (χ1v) is 12.2. The molecule has 184 valence electrons. The summed E-state index contributed by atoms with van der Waals surface area (Å²) in [6.45, 7) is 2.71. The first-order chi connectivity index (χ1) is 16.0. The van der Waals surface area contributed by atoms with E-state index in [2.05, 4.69) is 10.6 Å². The Labute approximate surface area is 207 Å². The first-order valence-electron chi connectivity index (χ1n) is 12.2. The van der Waals surface area contributed by atoms with Gasteiger partial charge in [0.2, 0.25) is 11.8 Å². The van der Waals surface area contributed by atoms with Crippen LogP contribution in [0.5, 0.6) is 0 Å². The number of hydrogen-bond donors (Lipinski definition) is 2. The molecule has 2 aromatic carbocycles. The van der Waals surface area contributed by atoms with Gasteiger partial charge in [-0.05, 0) is 68.5 Å². The maximum Gasteiger partial charge on any atom is 0.248 e. The van der Waals surface area contributed by atoms with Crippen molar-refractivity contribution in [2.75, 3.05) is 11.4 Å². The van der Waals surface area contributed by atoms with Gasteiger partial charge in [0, 0.05) is 11.7 Å². The molecule has 0 radical (unpaired) electrons. The van der Waals surface area contributed by atoms with Crippen LogP contribution in [0.1, 0.15) is 68.5 Å². The third-order valence-electron chi connectivity index (χ3n) is 6.87. The van der Waals surface area contributed by atoms with Crippen molar-refractivity contribution in [1.29, 1.82) is 0 Å². The minimum atomic E-state index is -0.869. The highest BCUT2D eigenvalue weighted by Gasteiger charge is 2.38. The fourth-order valence-corrected chi connectivity index (χ4v) is 5.08. The number of aryl methyl sites for hydroxylation is 1. The lowest BCUT2D eigenvalue weighted by Crippen LogP contribution is -2.53. The van der Waals surface area contributed by atoms with Gasteiger partial charge in [-0.15, -0.1) is 12.4 Å². The van der Waals surface area contributed by atoms with E-state index in [1.54, 1.807) is 12.1 Å². The highest BCUT2D eigenvalue weighted by atomic mass is 35.5.